The summed E-state index contributed by atoms with van der Waals surface area (Å²) in [5.74, 6) is 0.354. The van der Waals surface area contributed by atoms with E-state index in [-0.39, 0.29) is 11.3 Å². The number of hydrogen-bond donors (Lipinski definition) is 1. The van der Waals surface area contributed by atoms with Crippen LogP contribution in [0.2, 0.25) is 0 Å². The molecule has 1 aromatic heterocycles. The molecular weight excluding hydrogens is 301 g/mol. The van der Waals surface area contributed by atoms with Crippen LogP contribution < -0.4 is 9.47 Å². The minimum atomic E-state index is -0.547. The van der Waals surface area contributed by atoms with Crippen molar-refractivity contribution in [2.75, 3.05) is 20.8 Å². The van der Waals surface area contributed by atoms with Crippen molar-refractivity contribution in [1.29, 1.82) is 0 Å². The van der Waals surface area contributed by atoms with E-state index in [9.17, 15) is 9.18 Å². The van der Waals surface area contributed by atoms with E-state index in [0.29, 0.717) is 29.5 Å². The number of benzene rings is 1. The van der Waals surface area contributed by atoms with Crippen molar-refractivity contribution in [1.82, 2.24) is 4.98 Å². The van der Waals surface area contributed by atoms with E-state index in [1.54, 1.807) is 12.1 Å². The van der Waals surface area contributed by atoms with Crippen LogP contribution in [0.4, 0.5) is 4.39 Å². The van der Waals surface area contributed by atoms with Gasteiger partial charge < -0.3 is 19.2 Å². The smallest absolute Gasteiger partial charge is 0.343 e. The van der Waals surface area contributed by atoms with Crippen molar-refractivity contribution in [3.05, 3.63) is 35.8 Å². The number of carbonyl (C=O) groups excluding carboxylic acids is 1. The number of aromatic nitrogens is 1. The molecule has 2 aromatic rings. The molecule has 23 heavy (non-hydrogen) atoms. The Hall–Kier alpha value is -2.50. The Morgan fingerprint density at radius 1 is 1.35 bits per heavy atom. The van der Waals surface area contributed by atoms with Gasteiger partial charge >= 0.3 is 5.97 Å². The zero-order valence-corrected chi connectivity index (χ0v) is 13.0. The highest BCUT2D eigenvalue weighted by atomic mass is 19.1. The quantitative estimate of drug-likeness (QED) is 0.829. The lowest BCUT2D eigenvalue weighted by Crippen LogP contribution is -2.02. The predicted molar refractivity (Wildman–Crippen MR) is 82.3 cm³/mol. The molecule has 1 aliphatic rings. The molecule has 0 amide bonds. The van der Waals surface area contributed by atoms with E-state index in [0.717, 1.165) is 0 Å². The lowest BCUT2D eigenvalue weighted by atomic mass is 10.1. The molecule has 0 spiro atoms. The Morgan fingerprint density at radius 3 is 2.74 bits per heavy atom. The molecule has 1 heterocycles. The molecule has 3 rings (SSSR count). The fourth-order valence-corrected chi connectivity index (χ4v) is 2.37. The maximum absolute atomic E-state index is 14.4. The summed E-state index contributed by atoms with van der Waals surface area (Å²) in [7, 11) is 2.70. The van der Waals surface area contributed by atoms with E-state index in [1.807, 2.05) is 0 Å². The van der Waals surface area contributed by atoms with E-state index < -0.39 is 11.8 Å². The van der Waals surface area contributed by atoms with Crippen molar-refractivity contribution in [2.45, 2.75) is 12.8 Å². The SMILES string of the molecule is COC(=O)c1c[nH]c(-c2ccc(OCC3CC3)cc2F)c1OC. The van der Waals surface area contributed by atoms with E-state index >= 15 is 0 Å². The van der Waals surface area contributed by atoms with Gasteiger partial charge in [0.1, 0.15) is 17.1 Å². The number of hydrogen-bond acceptors (Lipinski definition) is 4. The molecule has 0 saturated heterocycles. The highest BCUT2D eigenvalue weighted by Gasteiger charge is 2.23. The molecule has 1 fully saturated rings. The highest BCUT2D eigenvalue weighted by molar-refractivity contribution is 5.95. The van der Waals surface area contributed by atoms with Crippen molar-refractivity contribution in [2.24, 2.45) is 5.92 Å². The first-order valence-electron chi connectivity index (χ1n) is 7.40. The molecular formula is C17H18FNO4. The second-order valence-electron chi connectivity index (χ2n) is 5.50. The van der Waals surface area contributed by atoms with E-state index in [2.05, 4.69) is 9.72 Å². The summed E-state index contributed by atoms with van der Waals surface area (Å²) in [6.07, 6.45) is 3.80. The normalized spacial score (nSPS) is 13.7. The molecule has 0 radical (unpaired) electrons. The number of carbonyl (C=O) groups is 1. The van der Waals surface area contributed by atoms with Crippen molar-refractivity contribution in [3.63, 3.8) is 0 Å². The Balaban J connectivity index is 1.88. The van der Waals surface area contributed by atoms with Gasteiger partial charge in [-0.3, -0.25) is 0 Å². The summed E-state index contributed by atoms with van der Waals surface area (Å²) < 4.78 is 29.9. The second kappa shape index (κ2) is 6.32. The summed E-state index contributed by atoms with van der Waals surface area (Å²) in [5.41, 5.74) is 0.911. The lowest BCUT2D eigenvalue weighted by Gasteiger charge is -2.09. The maximum atomic E-state index is 14.4. The third kappa shape index (κ3) is 3.16. The number of ether oxygens (including phenoxy) is 3. The topological polar surface area (TPSA) is 60.6 Å². The third-order valence-electron chi connectivity index (χ3n) is 3.83. The van der Waals surface area contributed by atoms with Crippen LogP contribution >= 0.6 is 0 Å². The fourth-order valence-electron chi connectivity index (χ4n) is 2.37. The van der Waals surface area contributed by atoms with Gasteiger partial charge in [-0.2, -0.15) is 0 Å². The number of rotatable bonds is 6. The fraction of sp³-hybridized carbons (Fsp3) is 0.353. The second-order valence-corrected chi connectivity index (χ2v) is 5.50. The van der Waals surface area contributed by atoms with Crippen molar-refractivity contribution >= 4 is 5.97 Å². The van der Waals surface area contributed by atoms with Gasteiger partial charge in [-0.25, -0.2) is 9.18 Å². The van der Waals surface area contributed by atoms with E-state index in [1.165, 1.54) is 39.3 Å². The van der Waals surface area contributed by atoms with Gasteiger partial charge in [-0.15, -0.1) is 0 Å². The summed E-state index contributed by atoms with van der Waals surface area (Å²) in [4.78, 5) is 14.6. The molecule has 122 valence electrons. The van der Waals surface area contributed by atoms with Gasteiger partial charge in [0.05, 0.1) is 26.5 Å². The van der Waals surface area contributed by atoms with Crippen LogP contribution in [0.1, 0.15) is 23.2 Å². The van der Waals surface area contributed by atoms with Gasteiger partial charge in [0, 0.05) is 17.8 Å². The Bertz CT molecular complexity index is 721. The molecule has 1 aliphatic carbocycles. The van der Waals surface area contributed by atoms with Gasteiger partial charge in [0.15, 0.2) is 5.75 Å². The molecule has 5 nitrogen and oxygen atoms in total. The molecule has 0 unspecified atom stereocenters. The number of H-pyrrole nitrogens is 1. The average Bonchev–Trinajstić information content (AvgIpc) is 3.29. The summed E-state index contributed by atoms with van der Waals surface area (Å²) in [6, 6.07) is 4.65. The number of methoxy groups -OCH3 is 2. The molecule has 6 heteroatoms. The van der Waals surface area contributed by atoms with Crippen LogP contribution in [0.5, 0.6) is 11.5 Å². The number of halogens is 1. The zero-order chi connectivity index (χ0) is 16.4. The van der Waals surface area contributed by atoms with Gasteiger partial charge in [-0.1, -0.05) is 0 Å². The summed E-state index contributed by atoms with van der Waals surface area (Å²) in [5, 5.41) is 0. The monoisotopic (exact) mass is 319 g/mol. The maximum Gasteiger partial charge on any atom is 0.343 e. The largest absolute Gasteiger partial charge is 0.494 e. The minimum Gasteiger partial charge on any atom is -0.494 e. The van der Waals surface area contributed by atoms with Crippen LogP contribution in [0, 0.1) is 11.7 Å². The van der Waals surface area contributed by atoms with Crippen molar-refractivity contribution in [3.8, 4) is 22.8 Å². The molecule has 0 atom stereocenters. The first kappa shape index (κ1) is 15.4. The molecule has 0 bridgehead atoms. The first-order chi connectivity index (χ1) is 11.1. The first-order valence-corrected chi connectivity index (χ1v) is 7.40. The Morgan fingerprint density at radius 2 is 2.13 bits per heavy atom. The Labute approximate surface area is 133 Å². The van der Waals surface area contributed by atoms with Crippen LogP contribution in [-0.4, -0.2) is 31.8 Å². The van der Waals surface area contributed by atoms with Gasteiger partial charge in [0.2, 0.25) is 0 Å². The third-order valence-corrected chi connectivity index (χ3v) is 3.83. The molecule has 1 N–H and O–H groups in total. The van der Waals surface area contributed by atoms with Crippen LogP contribution in [0.25, 0.3) is 11.3 Å². The van der Waals surface area contributed by atoms with Crippen molar-refractivity contribution < 1.29 is 23.4 Å². The van der Waals surface area contributed by atoms with Gasteiger partial charge in [0.25, 0.3) is 0 Å². The summed E-state index contributed by atoms with van der Waals surface area (Å²) >= 11 is 0. The number of aromatic amines is 1. The van der Waals surface area contributed by atoms with Crippen LogP contribution in [-0.2, 0) is 4.74 Å². The lowest BCUT2D eigenvalue weighted by molar-refractivity contribution is 0.0597. The highest BCUT2D eigenvalue weighted by Crippen LogP contribution is 2.36. The van der Waals surface area contributed by atoms with Crippen LogP contribution in [0.3, 0.4) is 0 Å². The minimum absolute atomic E-state index is 0.221. The number of esters is 1. The molecule has 1 aromatic carbocycles. The average molecular weight is 319 g/mol. The summed E-state index contributed by atoms with van der Waals surface area (Å²) in [6.45, 7) is 0.622. The Kier molecular flexibility index (Phi) is 4.23. The van der Waals surface area contributed by atoms with Gasteiger partial charge in [-0.05, 0) is 30.9 Å². The number of nitrogens with one attached hydrogen (secondary N) is 1. The van der Waals surface area contributed by atoms with E-state index in [4.69, 9.17) is 9.47 Å². The van der Waals surface area contributed by atoms with Crippen LogP contribution in [0.15, 0.2) is 24.4 Å². The molecule has 0 aliphatic heterocycles. The zero-order valence-electron chi connectivity index (χ0n) is 13.0. The predicted octanol–water partition coefficient (Wildman–Crippen LogP) is 3.40. The molecule has 1 saturated carbocycles. The standard InChI is InChI=1S/C17H18FNO4/c1-21-16-13(17(20)22-2)8-19-15(16)12-6-5-11(7-14(12)18)23-9-10-3-4-10/h5-8,10,19H,3-4,9H2,1-2H3.